The highest BCUT2D eigenvalue weighted by Gasteiger charge is 2.41. The van der Waals surface area contributed by atoms with Gasteiger partial charge >= 0.3 is 0 Å². The summed E-state index contributed by atoms with van der Waals surface area (Å²) in [4.78, 5) is 47.0. The fourth-order valence-electron chi connectivity index (χ4n) is 3.06. The van der Waals surface area contributed by atoms with E-state index < -0.39 is 0 Å². The monoisotopic (exact) mass is 366 g/mol. The predicted octanol–water partition coefficient (Wildman–Crippen LogP) is -1.14. The summed E-state index contributed by atoms with van der Waals surface area (Å²) in [6.45, 7) is 1.18. The van der Waals surface area contributed by atoms with Gasteiger partial charge in [-0.1, -0.05) is 0 Å². The lowest BCUT2D eigenvalue weighted by Gasteiger charge is -2.25. The molecule has 10 nitrogen and oxygen atoms in total. The molecule has 0 bridgehead atoms. The number of ether oxygens (including phenoxy) is 1. The Morgan fingerprint density at radius 1 is 1.42 bits per heavy atom. The SMILES string of the molecule is CN1C(=O)CCO[C@H]2CN(C(=O)CCc3ccc(=O)[nH]n3)C[C@@H]21.O=CO. The number of likely N-dealkylation sites (N-methyl/N-ethyl adjacent to an activating group) is 1. The van der Waals surface area contributed by atoms with Crippen molar-refractivity contribution in [2.45, 2.75) is 31.4 Å². The molecule has 2 aliphatic rings. The van der Waals surface area contributed by atoms with Gasteiger partial charge in [-0.2, -0.15) is 5.10 Å². The second-order valence-electron chi connectivity index (χ2n) is 6.05. The third-order valence-electron chi connectivity index (χ3n) is 4.46. The molecule has 0 unspecified atom stereocenters. The highest BCUT2D eigenvalue weighted by Crippen LogP contribution is 2.22. The minimum Gasteiger partial charge on any atom is -0.483 e. The van der Waals surface area contributed by atoms with E-state index in [9.17, 15) is 14.4 Å². The van der Waals surface area contributed by atoms with Crippen LogP contribution in [0.5, 0.6) is 0 Å². The molecule has 1 aromatic heterocycles. The summed E-state index contributed by atoms with van der Waals surface area (Å²) in [7, 11) is 1.77. The van der Waals surface area contributed by atoms with E-state index >= 15 is 0 Å². The molecule has 2 atom stereocenters. The first-order chi connectivity index (χ1) is 12.5. The Bertz CT molecular complexity index is 686. The zero-order chi connectivity index (χ0) is 19.1. The summed E-state index contributed by atoms with van der Waals surface area (Å²) in [5.41, 5.74) is 0.416. The molecule has 26 heavy (non-hydrogen) atoms. The molecule has 0 aliphatic carbocycles. The first-order valence-corrected chi connectivity index (χ1v) is 8.23. The summed E-state index contributed by atoms with van der Waals surface area (Å²) in [5.74, 6) is 0.0692. The van der Waals surface area contributed by atoms with Crippen LogP contribution >= 0.6 is 0 Å². The Morgan fingerprint density at radius 2 is 2.15 bits per heavy atom. The van der Waals surface area contributed by atoms with Gasteiger partial charge in [0.1, 0.15) is 0 Å². The maximum absolute atomic E-state index is 12.4. The Morgan fingerprint density at radius 3 is 2.81 bits per heavy atom. The summed E-state index contributed by atoms with van der Waals surface area (Å²) in [5, 5.41) is 13.1. The molecule has 2 N–H and O–H groups in total. The number of fused-ring (bicyclic) bond motifs is 1. The average Bonchev–Trinajstić information content (AvgIpc) is 3.00. The van der Waals surface area contributed by atoms with Crippen molar-refractivity contribution in [2.24, 2.45) is 0 Å². The Hall–Kier alpha value is -2.75. The second-order valence-corrected chi connectivity index (χ2v) is 6.05. The minimum absolute atomic E-state index is 0.00974. The highest BCUT2D eigenvalue weighted by molar-refractivity contribution is 5.78. The highest BCUT2D eigenvalue weighted by atomic mass is 16.5. The molecule has 2 fully saturated rings. The van der Waals surface area contributed by atoms with Crippen LogP contribution in [0.2, 0.25) is 0 Å². The number of likely N-dealkylation sites (tertiary alicyclic amines) is 1. The number of aryl methyl sites for hydroxylation is 1. The van der Waals surface area contributed by atoms with Crippen molar-refractivity contribution in [1.82, 2.24) is 20.0 Å². The van der Waals surface area contributed by atoms with Crippen molar-refractivity contribution in [3.05, 3.63) is 28.2 Å². The minimum atomic E-state index is -0.260. The summed E-state index contributed by atoms with van der Waals surface area (Å²) in [6.07, 6.45) is 1.07. The third kappa shape index (κ3) is 4.88. The van der Waals surface area contributed by atoms with Crippen molar-refractivity contribution in [3.8, 4) is 0 Å². The van der Waals surface area contributed by atoms with Gasteiger partial charge in [-0.15, -0.1) is 0 Å². The third-order valence-corrected chi connectivity index (χ3v) is 4.46. The van der Waals surface area contributed by atoms with E-state index in [1.165, 1.54) is 6.07 Å². The van der Waals surface area contributed by atoms with Crippen molar-refractivity contribution in [1.29, 1.82) is 0 Å². The molecule has 2 aliphatic heterocycles. The molecular formula is C16H22N4O6. The first kappa shape index (κ1) is 19.6. The van der Waals surface area contributed by atoms with Crippen LogP contribution in [0.15, 0.2) is 16.9 Å². The van der Waals surface area contributed by atoms with Gasteiger partial charge in [0.2, 0.25) is 11.8 Å². The van der Waals surface area contributed by atoms with Crippen LogP contribution < -0.4 is 5.56 Å². The molecule has 0 radical (unpaired) electrons. The largest absolute Gasteiger partial charge is 0.483 e. The number of nitrogens with zero attached hydrogens (tertiary/aromatic N) is 3. The zero-order valence-corrected chi connectivity index (χ0v) is 14.5. The van der Waals surface area contributed by atoms with Crippen molar-refractivity contribution in [3.63, 3.8) is 0 Å². The van der Waals surface area contributed by atoms with E-state index in [1.807, 2.05) is 0 Å². The fraction of sp³-hybridized carbons (Fsp3) is 0.562. The number of amides is 2. The fourth-order valence-corrected chi connectivity index (χ4v) is 3.06. The van der Waals surface area contributed by atoms with Crippen LogP contribution in [0.1, 0.15) is 18.5 Å². The summed E-state index contributed by atoms with van der Waals surface area (Å²) < 4.78 is 5.72. The molecule has 3 rings (SSSR count). The van der Waals surface area contributed by atoms with Gasteiger partial charge in [-0.05, 0) is 6.07 Å². The van der Waals surface area contributed by atoms with Crippen molar-refractivity contribution < 1.29 is 24.2 Å². The number of aromatic nitrogens is 2. The van der Waals surface area contributed by atoms with Crippen LogP contribution in [-0.4, -0.2) is 82.3 Å². The van der Waals surface area contributed by atoms with Gasteiger partial charge in [0.15, 0.2) is 0 Å². The normalized spacial score (nSPS) is 22.1. The number of hydrogen-bond acceptors (Lipinski definition) is 6. The van der Waals surface area contributed by atoms with Gasteiger partial charge < -0.3 is 19.6 Å². The van der Waals surface area contributed by atoms with Crippen LogP contribution in [0, 0.1) is 0 Å². The van der Waals surface area contributed by atoms with E-state index in [-0.39, 0.29) is 36.0 Å². The molecule has 0 aromatic carbocycles. The van der Waals surface area contributed by atoms with E-state index in [0.717, 1.165) is 0 Å². The smallest absolute Gasteiger partial charge is 0.290 e. The van der Waals surface area contributed by atoms with Crippen molar-refractivity contribution >= 4 is 18.3 Å². The lowest BCUT2D eigenvalue weighted by molar-refractivity contribution is -0.133. The molecule has 142 valence electrons. The van der Waals surface area contributed by atoms with Crippen LogP contribution in [0.4, 0.5) is 0 Å². The van der Waals surface area contributed by atoms with Gasteiger partial charge in [-0.3, -0.25) is 19.2 Å². The second kappa shape index (κ2) is 9.09. The maximum atomic E-state index is 12.4. The molecule has 1 aromatic rings. The lowest BCUT2D eigenvalue weighted by atomic mass is 10.2. The molecule has 2 saturated heterocycles. The molecule has 3 heterocycles. The van der Waals surface area contributed by atoms with Crippen LogP contribution in [-0.2, 0) is 25.5 Å². The summed E-state index contributed by atoms with van der Waals surface area (Å²) in [6, 6.07) is 2.95. The number of aromatic amines is 1. The number of carbonyl (C=O) groups is 3. The molecular weight excluding hydrogens is 344 g/mol. The number of carbonyl (C=O) groups excluding carboxylic acids is 2. The van der Waals surface area contributed by atoms with Crippen LogP contribution in [0.25, 0.3) is 0 Å². The zero-order valence-electron chi connectivity index (χ0n) is 14.5. The standard InChI is InChI=1S/C15H20N4O4.CH2O2/c1-18-11-8-19(9-12(11)23-7-6-14(18)21)15(22)5-3-10-2-4-13(20)17-16-10;2-1-3/h2,4,11-12H,3,5-9H2,1H3,(H,17,20);1H,(H,2,3)/t11-,12-;/m0./s1. The maximum Gasteiger partial charge on any atom is 0.290 e. The number of hydrogen-bond donors (Lipinski definition) is 2. The predicted molar refractivity (Wildman–Crippen MR) is 89.4 cm³/mol. The van der Waals surface area contributed by atoms with Gasteiger partial charge in [0, 0.05) is 39.0 Å². The van der Waals surface area contributed by atoms with Gasteiger partial charge in [0.25, 0.3) is 12.0 Å². The Labute approximate surface area is 149 Å². The Kier molecular flexibility index (Phi) is 6.84. The molecule has 0 saturated carbocycles. The lowest BCUT2D eigenvalue weighted by Crippen LogP contribution is -2.43. The number of rotatable bonds is 3. The van der Waals surface area contributed by atoms with Crippen molar-refractivity contribution in [2.75, 3.05) is 26.7 Å². The van der Waals surface area contributed by atoms with E-state index in [0.29, 0.717) is 44.7 Å². The topological polar surface area (TPSA) is 133 Å². The first-order valence-electron chi connectivity index (χ1n) is 8.23. The molecule has 0 spiro atoms. The molecule has 2 amide bonds. The quantitative estimate of drug-likeness (QED) is 0.646. The summed E-state index contributed by atoms with van der Waals surface area (Å²) >= 11 is 0. The Balaban J connectivity index is 0.000000758. The van der Waals surface area contributed by atoms with Crippen LogP contribution in [0.3, 0.4) is 0 Å². The van der Waals surface area contributed by atoms with E-state index in [4.69, 9.17) is 14.6 Å². The average molecular weight is 366 g/mol. The van der Waals surface area contributed by atoms with E-state index in [2.05, 4.69) is 10.2 Å². The van der Waals surface area contributed by atoms with E-state index in [1.54, 1.807) is 22.9 Å². The number of carboxylic acid groups (broad SMARTS) is 1. The number of H-pyrrole nitrogens is 1. The van der Waals surface area contributed by atoms with Gasteiger partial charge in [-0.25, -0.2) is 5.10 Å². The number of nitrogens with one attached hydrogen (secondary N) is 1. The molecule has 10 heteroatoms. The van der Waals surface area contributed by atoms with Gasteiger partial charge in [0.05, 0.1) is 30.9 Å².